The maximum absolute atomic E-state index is 12.5. The van der Waals surface area contributed by atoms with Gasteiger partial charge in [0, 0.05) is 29.1 Å². The molecule has 2 rings (SSSR count). The van der Waals surface area contributed by atoms with Crippen molar-refractivity contribution in [2.24, 2.45) is 0 Å². The number of hydrogen-bond donors (Lipinski definition) is 0. The first kappa shape index (κ1) is 14.3. The predicted octanol–water partition coefficient (Wildman–Crippen LogP) is 2.38. The molecule has 1 amide bonds. The molecule has 4 nitrogen and oxygen atoms in total. The molecule has 0 radical (unpaired) electrons. The summed E-state index contributed by atoms with van der Waals surface area (Å²) in [6.07, 6.45) is 0. The molecule has 0 aromatic heterocycles. The minimum atomic E-state index is -0.254. The van der Waals surface area contributed by atoms with E-state index >= 15 is 0 Å². The van der Waals surface area contributed by atoms with Crippen molar-refractivity contribution in [1.29, 1.82) is 5.26 Å². The summed E-state index contributed by atoms with van der Waals surface area (Å²) in [7, 11) is 1.89. The van der Waals surface area contributed by atoms with Gasteiger partial charge in [-0.3, -0.25) is 9.69 Å². The van der Waals surface area contributed by atoms with Crippen molar-refractivity contribution in [2.45, 2.75) is 6.04 Å². The van der Waals surface area contributed by atoms with Crippen LogP contribution in [-0.2, 0) is 0 Å². The molecule has 1 heterocycles. The predicted molar refractivity (Wildman–Crippen MR) is 77.1 cm³/mol. The summed E-state index contributed by atoms with van der Waals surface area (Å²) in [6, 6.07) is 7.09. The van der Waals surface area contributed by atoms with E-state index in [1.54, 1.807) is 23.1 Å². The zero-order valence-corrected chi connectivity index (χ0v) is 12.8. The van der Waals surface area contributed by atoms with E-state index in [2.05, 4.69) is 22.0 Å². The number of hydrogen-bond acceptors (Lipinski definition) is 3. The Labute approximate surface area is 125 Å². The van der Waals surface area contributed by atoms with E-state index in [0.717, 1.165) is 0 Å². The minimum absolute atomic E-state index is 0.0947. The third kappa shape index (κ3) is 3.08. The monoisotopic (exact) mass is 341 g/mol. The third-order valence-electron chi connectivity index (χ3n) is 3.24. The third-order valence-corrected chi connectivity index (χ3v) is 4.17. The van der Waals surface area contributed by atoms with Crippen LogP contribution in [0.2, 0.25) is 5.02 Å². The normalized spacial score (nSPS) is 20.1. The number of nitrogens with zero attached hydrogens (tertiary/aromatic N) is 3. The molecule has 1 aliphatic heterocycles. The number of rotatable bonds is 1. The molecule has 1 fully saturated rings. The molecular weight excluding hydrogens is 330 g/mol. The molecule has 1 aliphatic rings. The van der Waals surface area contributed by atoms with Gasteiger partial charge in [-0.05, 0) is 41.2 Å². The zero-order chi connectivity index (χ0) is 14.0. The number of piperazine rings is 1. The van der Waals surface area contributed by atoms with Crippen molar-refractivity contribution in [3.8, 4) is 6.07 Å². The van der Waals surface area contributed by atoms with Gasteiger partial charge in [-0.1, -0.05) is 11.6 Å². The molecule has 0 bridgehead atoms. The summed E-state index contributed by atoms with van der Waals surface area (Å²) in [5.41, 5.74) is 0.536. The quantitative estimate of drug-likeness (QED) is 0.787. The molecule has 1 saturated heterocycles. The van der Waals surface area contributed by atoms with Crippen molar-refractivity contribution in [3.05, 3.63) is 33.3 Å². The second-order valence-corrected chi connectivity index (χ2v) is 5.79. The molecule has 0 saturated carbocycles. The van der Waals surface area contributed by atoms with Crippen LogP contribution in [0.5, 0.6) is 0 Å². The number of amides is 1. The Morgan fingerprint density at radius 2 is 2.26 bits per heavy atom. The highest BCUT2D eigenvalue weighted by Crippen LogP contribution is 2.23. The van der Waals surface area contributed by atoms with Crippen molar-refractivity contribution < 1.29 is 4.79 Å². The van der Waals surface area contributed by atoms with Gasteiger partial charge < -0.3 is 4.90 Å². The molecule has 19 heavy (non-hydrogen) atoms. The topological polar surface area (TPSA) is 47.3 Å². The molecule has 1 unspecified atom stereocenters. The van der Waals surface area contributed by atoms with Crippen LogP contribution in [0.3, 0.4) is 0 Å². The standard InChI is InChI=1S/C13H13BrClN3O/c1-17-4-5-18(8-10(17)7-16)13(19)11-6-9(15)2-3-12(11)14/h2-3,6,10H,4-5,8H2,1H3. The van der Waals surface area contributed by atoms with Crippen LogP contribution < -0.4 is 0 Å². The number of carbonyl (C=O) groups is 1. The average Bonchev–Trinajstić information content (AvgIpc) is 2.41. The fraction of sp³-hybridized carbons (Fsp3) is 0.385. The Morgan fingerprint density at radius 3 is 2.95 bits per heavy atom. The van der Waals surface area contributed by atoms with E-state index in [1.807, 2.05) is 11.9 Å². The number of halogens is 2. The molecule has 1 atom stereocenters. The first-order valence-corrected chi connectivity index (χ1v) is 7.04. The lowest BCUT2D eigenvalue weighted by Gasteiger charge is -2.36. The van der Waals surface area contributed by atoms with Gasteiger partial charge in [0.15, 0.2) is 0 Å². The summed E-state index contributed by atoms with van der Waals surface area (Å²) in [6.45, 7) is 1.74. The lowest BCUT2D eigenvalue weighted by Crippen LogP contribution is -2.52. The second kappa shape index (κ2) is 5.91. The molecule has 1 aromatic rings. The summed E-state index contributed by atoms with van der Waals surface area (Å²) in [4.78, 5) is 16.1. The van der Waals surface area contributed by atoms with Gasteiger partial charge in [0.1, 0.15) is 6.04 Å². The molecule has 100 valence electrons. The molecule has 0 spiro atoms. The number of benzene rings is 1. The number of carbonyl (C=O) groups excluding carboxylic acids is 1. The summed E-state index contributed by atoms with van der Waals surface area (Å²) < 4.78 is 0.717. The van der Waals surface area contributed by atoms with E-state index in [4.69, 9.17) is 16.9 Å². The van der Waals surface area contributed by atoms with Gasteiger partial charge in [-0.15, -0.1) is 0 Å². The second-order valence-electron chi connectivity index (χ2n) is 4.50. The van der Waals surface area contributed by atoms with E-state index in [9.17, 15) is 4.79 Å². The Hall–Kier alpha value is -1.09. The van der Waals surface area contributed by atoms with E-state index in [-0.39, 0.29) is 11.9 Å². The zero-order valence-electron chi connectivity index (χ0n) is 10.4. The van der Waals surface area contributed by atoms with Crippen molar-refractivity contribution in [3.63, 3.8) is 0 Å². The Balaban J connectivity index is 2.21. The number of likely N-dealkylation sites (N-methyl/N-ethyl adjacent to an activating group) is 1. The van der Waals surface area contributed by atoms with Crippen LogP contribution in [-0.4, -0.2) is 48.4 Å². The highest BCUT2D eigenvalue weighted by molar-refractivity contribution is 9.10. The molecular formula is C13H13BrClN3O. The van der Waals surface area contributed by atoms with E-state index in [0.29, 0.717) is 34.7 Å². The smallest absolute Gasteiger partial charge is 0.255 e. The van der Waals surface area contributed by atoms with Gasteiger partial charge in [0.2, 0.25) is 0 Å². The molecule has 6 heteroatoms. The van der Waals surface area contributed by atoms with Crippen molar-refractivity contribution in [1.82, 2.24) is 9.80 Å². The lowest BCUT2D eigenvalue weighted by atomic mass is 10.1. The van der Waals surface area contributed by atoms with Gasteiger partial charge in [0.25, 0.3) is 5.91 Å². The van der Waals surface area contributed by atoms with E-state index < -0.39 is 0 Å². The van der Waals surface area contributed by atoms with E-state index in [1.165, 1.54) is 0 Å². The van der Waals surface area contributed by atoms with Gasteiger partial charge in [0.05, 0.1) is 11.6 Å². The largest absolute Gasteiger partial charge is 0.335 e. The first-order chi connectivity index (χ1) is 9.02. The highest BCUT2D eigenvalue weighted by Gasteiger charge is 2.28. The first-order valence-electron chi connectivity index (χ1n) is 5.87. The lowest BCUT2D eigenvalue weighted by molar-refractivity contribution is 0.0610. The number of nitriles is 1. The van der Waals surface area contributed by atoms with Crippen LogP contribution in [0.25, 0.3) is 0 Å². The van der Waals surface area contributed by atoms with Crippen LogP contribution in [0, 0.1) is 11.3 Å². The fourth-order valence-corrected chi connectivity index (χ4v) is 2.62. The Kier molecular flexibility index (Phi) is 4.46. The maximum atomic E-state index is 12.5. The van der Waals surface area contributed by atoms with Crippen molar-refractivity contribution in [2.75, 3.05) is 26.7 Å². The van der Waals surface area contributed by atoms with Crippen molar-refractivity contribution >= 4 is 33.4 Å². The van der Waals surface area contributed by atoms with Gasteiger partial charge >= 0.3 is 0 Å². The summed E-state index contributed by atoms with van der Waals surface area (Å²) >= 11 is 9.29. The van der Waals surface area contributed by atoms with Gasteiger partial charge in [-0.25, -0.2) is 0 Å². The Bertz CT molecular complexity index is 543. The highest BCUT2D eigenvalue weighted by atomic mass is 79.9. The molecule has 0 aliphatic carbocycles. The van der Waals surface area contributed by atoms with Crippen LogP contribution in [0.15, 0.2) is 22.7 Å². The maximum Gasteiger partial charge on any atom is 0.255 e. The van der Waals surface area contributed by atoms with Crippen LogP contribution >= 0.6 is 27.5 Å². The van der Waals surface area contributed by atoms with Crippen LogP contribution in [0.4, 0.5) is 0 Å². The molecule has 1 aromatic carbocycles. The Morgan fingerprint density at radius 1 is 1.53 bits per heavy atom. The summed E-state index contributed by atoms with van der Waals surface area (Å²) in [5, 5.41) is 9.60. The SMILES string of the molecule is CN1CCN(C(=O)c2cc(Cl)ccc2Br)CC1C#N. The fourth-order valence-electron chi connectivity index (χ4n) is 2.03. The molecule has 0 N–H and O–H groups in total. The summed E-state index contributed by atoms with van der Waals surface area (Å²) in [5.74, 6) is -0.0947. The average molecular weight is 343 g/mol. The van der Waals surface area contributed by atoms with Gasteiger partial charge in [-0.2, -0.15) is 5.26 Å². The minimum Gasteiger partial charge on any atom is -0.335 e. The van der Waals surface area contributed by atoms with Crippen LogP contribution in [0.1, 0.15) is 10.4 Å².